The van der Waals surface area contributed by atoms with Crippen molar-refractivity contribution in [1.82, 2.24) is 0 Å². The number of para-hydroxylation sites is 1. The molecule has 1 aliphatic carbocycles. The third kappa shape index (κ3) is 3.38. The van der Waals surface area contributed by atoms with E-state index < -0.39 is 0 Å². The summed E-state index contributed by atoms with van der Waals surface area (Å²) in [6.45, 7) is 0. The Balaban J connectivity index is 2.07. The minimum Gasteiger partial charge on any atom is -0.496 e. The number of hydrogen-bond acceptors (Lipinski definition) is 1. The topological polar surface area (TPSA) is 9.23 Å². The van der Waals surface area contributed by atoms with Crippen molar-refractivity contribution in [3.05, 3.63) is 29.8 Å². The minimum absolute atomic E-state index is 0.336. The first-order chi connectivity index (χ1) is 8.31. The van der Waals surface area contributed by atoms with Crippen LogP contribution in [0.15, 0.2) is 24.3 Å². The zero-order chi connectivity index (χ0) is 12.1. The first kappa shape index (κ1) is 12.8. The lowest BCUT2D eigenvalue weighted by Gasteiger charge is -2.20. The Labute approximate surface area is 109 Å². The molecule has 0 bridgehead atoms. The summed E-state index contributed by atoms with van der Waals surface area (Å²) in [6.07, 6.45) is 7.43. The van der Waals surface area contributed by atoms with Crippen molar-refractivity contribution < 1.29 is 4.74 Å². The van der Waals surface area contributed by atoms with E-state index in [2.05, 4.69) is 12.1 Å². The van der Waals surface area contributed by atoms with Crippen molar-refractivity contribution in [2.45, 2.75) is 43.9 Å². The Morgan fingerprint density at radius 2 is 1.94 bits per heavy atom. The fourth-order valence-electron chi connectivity index (χ4n) is 2.72. The highest BCUT2D eigenvalue weighted by Crippen LogP contribution is 2.32. The highest BCUT2D eigenvalue weighted by atomic mass is 35.5. The third-order valence-corrected chi connectivity index (χ3v) is 4.32. The van der Waals surface area contributed by atoms with Gasteiger partial charge in [0, 0.05) is 5.38 Å². The van der Waals surface area contributed by atoms with Crippen LogP contribution in [0.1, 0.15) is 37.7 Å². The largest absolute Gasteiger partial charge is 0.496 e. The van der Waals surface area contributed by atoms with Gasteiger partial charge in [-0.05, 0) is 36.8 Å². The van der Waals surface area contributed by atoms with Crippen LogP contribution in [0.2, 0.25) is 0 Å². The molecule has 0 radical (unpaired) electrons. The Bertz CT molecular complexity index is 351. The molecule has 2 atom stereocenters. The number of hydrogen-bond donors (Lipinski definition) is 0. The van der Waals surface area contributed by atoms with Gasteiger partial charge in [-0.15, -0.1) is 11.6 Å². The molecule has 0 aliphatic heterocycles. The lowest BCUT2D eigenvalue weighted by atomic mass is 9.91. The average molecular weight is 253 g/mol. The zero-order valence-corrected chi connectivity index (χ0v) is 11.2. The molecule has 0 amide bonds. The Hall–Kier alpha value is -0.690. The van der Waals surface area contributed by atoms with Gasteiger partial charge in [-0.1, -0.05) is 37.5 Å². The van der Waals surface area contributed by atoms with Crippen LogP contribution in [-0.4, -0.2) is 12.5 Å². The van der Waals surface area contributed by atoms with Crippen LogP contribution >= 0.6 is 11.6 Å². The quantitative estimate of drug-likeness (QED) is 0.571. The van der Waals surface area contributed by atoms with Gasteiger partial charge in [0.15, 0.2) is 0 Å². The number of ether oxygens (including phenoxy) is 1. The Morgan fingerprint density at radius 3 is 2.76 bits per heavy atom. The van der Waals surface area contributed by atoms with Crippen molar-refractivity contribution >= 4 is 11.6 Å². The number of halogens is 1. The number of rotatable bonds is 3. The summed E-state index contributed by atoms with van der Waals surface area (Å²) in [7, 11) is 1.74. The number of methoxy groups -OCH3 is 1. The molecule has 2 unspecified atom stereocenters. The van der Waals surface area contributed by atoms with Crippen LogP contribution in [0.5, 0.6) is 5.75 Å². The molecule has 1 aromatic rings. The van der Waals surface area contributed by atoms with E-state index >= 15 is 0 Å². The maximum absolute atomic E-state index is 6.49. The first-order valence-corrected chi connectivity index (χ1v) is 7.01. The fraction of sp³-hybridized carbons (Fsp3) is 0.600. The van der Waals surface area contributed by atoms with E-state index in [4.69, 9.17) is 16.3 Å². The van der Waals surface area contributed by atoms with Crippen molar-refractivity contribution in [3.8, 4) is 5.75 Å². The van der Waals surface area contributed by atoms with E-state index in [0.717, 1.165) is 12.2 Å². The van der Waals surface area contributed by atoms with Gasteiger partial charge >= 0.3 is 0 Å². The summed E-state index contributed by atoms with van der Waals surface area (Å²) in [4.78, 5) is 0. The van der Waals surface area contributed by atoms with E-state index in [0.29, 0.717) is 11.3 Å². The molecule has 1 nitrogen and oxygen atoms in total. The Morgan fingerprint density at radius 1 is 1.18 bits per heavy atom. The molecular formula is C15H21ClO. The number of benzene rings is 1. The molecule has 1 aromatic carbocycles. The molecule has 1 aliphatic rings. The van der Waals surface area contributed by atoms with Gasteiger partial charge in [0.1, 0.15) is 5.75 Å². The molecule has 0 spiro atoms. The molecule has 94 valence electrons. The second-order valence-corrected chi connectivity index (χ2v) is 5.49. The predicted octanol–water partition coefficient (Wildman–Crippen LogP) is 4.43. The van der Waals surface area contributed by atoms with E-state index in [1.807, 2.05) is 12.1 Å². The molecule has 0 N–H and O–H groups in total. The number of alkyl halides is 1. The summed E-state index contributed by atoms with van der Waals surface area (Å²) in [5, 5.41) is 0.336. The van der Waals surface area contributed by atoms with E-state index in [1.54, 1.807) is 7.11 Å². The van der Waals surface area contributed by atoms with Gasteiger partial charge in [-0.3, -0.25) is 0 Å². The van der Waals surface area contributed by atoms with Crippen molar-refractivity contribution in [1.29, 1.82) is 0 Å². The molecule has 17 heavy (non-hydrogen) atoms. The van der Waals surface area contributed by atoms with Crippen LogP contribution in [-0.2, 0) is 6.42 Å². The SMILES string of the molecule is COc1ccccc1CC1CCCCCC1Cl. The van der Waals surface area contributed by atoms with Gasteiger partial charge in [0.05, 0.1) is 7.11 Å². The van der Waals surface area contributed by atoms with Crippen molar-refractivity contribution in [3.63, 3.8) is 0 Å². The lowest BCUT2D eigenvalue weighted by molar-refractivity contribution is 0.398. The van der Waals surface area contributed by atoms with Gasteiger partial charge in [0.25, 0.3) is 0 Å². The lowest BCUT2D eigenvalue weighted by Crippen LogP contribution is -2.16. The van der Waals surface area contributed by atoms with Gasteiger partial charge in [-0.25, -0.2) is 0 Å². The van der Waals surface area contributed by atoms with Gasteiger partial charge < -0.3 is 4.74 Å². The molecular weight excluding hydrogens is 232 g/mol. The normalized spacial score (nSPS) is 25.3. The van der Waals surface area contributed by atoms with Crippen LogP contribution in [0, 0.1) is 5.92 Å². The molecule has 0 aromatic heterocycles. The van der Waals surface area contributed by atoms with Crippen molar-refractivity contribution in [2.24, 2.45) is 5.92 Å². The summed E-state index contributed by atoms with van der Waals surface area (Å²) in [5.41, 5.74) is 1.30. The van der Waals surface area contributed by atoms with Gasteiger partial charge in [-0.2, -0.15) is 0 Å². The fourth-order valence-corrected chi connectivity index (χ4v) is 3.09. The molecule has 0 heterocycles. The standard InChI is InChI=1S/C15H21ClO/c1-17-15-10-6-5-8-13(15)11-12-7-3-2-4-9-14(12)16/h5-6,8,10,12,14H,2-4,7,9,11H2,1H3. The highest BCUT2D eigenvalue weighted by molar-refractivity contribution is 6.20. The molecule has 2 rings (SSSR count). The summed E-state index contributed by atoms with van der Waals surface area (Å²) < 4.78 is 5.41. The summed E-state index contributed by atoms with van der Waals surface area (Å²) in [6, 6.07) is 8.30. The molecule has 1 saturated carbocycles. The first-order valence-electron chi connectivity index (χ1n) is 6.57. The maximum atomic E-state index is 6.49. The maximum Gasteiger partial charge on any atom is 0.122 e. The van der Waals surface area contributed by atoms with E-state index in [-0.39, 0.29) is 0 Å². The highest BCUT2D eigenvalue weighted by Gasteiger charge is 2.22. The van der Waals surface area contributed by atoms with Crippen LogP contribution in [0.3, 0.4) is 0 Å². The monoisotopic (exact) mass is 252 g/mol. The molecule has 2 heteroatoms. The van der Waals surface area contributed by atoms with Crippen LogP contribution < -0.4 is 4.74 Å². The van der Waals surface area contributed by atoms with E-state index in [1.165, 1.54) is 37.7 Å². The predicted molar refractivity (Wildman–Crippen MR) is 72.9 cm³/mol. The second-order valence-electron chi connectivity index (χ2n) is 4.93. The molecule has 1 fully saturated rings. The van der Waals surface area contributed by atoms with Crippen LogP contribution in [0.4, 0.5) is 0 Å². The van der Waals surface area contributed by atoms with Crippen LogP contribution in [0.25, 0.3) is 0 Å². The van der Waals surface area contributed by atoms with Gasteiger partial charge in [0.2, 0.25) is 0 Å². The Kier molecular flexibility index (Phi) is 4.73. The zero-order valence-electron chi connectivity index (χ0n) is 10.5. The third-order valence-electron chi connectivity index (χ3n) is 3.74. The summed E-state index contributed by atoms with van der Waals surface area (Å²) in [5.74, 6) is 1.61. The average Bonchev–Trinajstić information content (AvgIpc) is 2.56. The van der Waals surface area contributed by atoms with E-state index in [9.17, 15) is 0 Å². The second kappa shape index (κ2) is 6.30. The smallest absolute Gasteiger partial charge is 0.122 e. The molecule has 0 saturated heterocycles. The van der Waals surface area contributed by atoms with Crippen molar-refractivity contribution in [2.75, 3.05) is 7.11 Å². The summed E-state index contributed by atoms with van der Waals surface area (Å²) >= 11 is 6.49. The minimum atomic E-state index is 0.336.